The standard InChI is InChI=1S/C20H21NO6/c1-4-27-16-8-6-13-9-15(7-5-14(13)10-16)21-12-26-11-17(19(22)24-2)18(21)20(23)25-3/h5-10H,4,11-12H2,1-3H3. The molecule has 0 atom stereocenters. The van der Waals surface area contributed by atoms with Crippen molar-refractivity contribution >= 4 is 28.4 Å². The van der Waals surface area contributed by atoms with Gasteiger partial charge in [0.05, 0.1) is 33.0 Å². The van der Waals surface area contributed by atoms with Crippen molar-refractivity contribution in [2.45, 2.75) is 6.92 Å². The highest BCUT2D eigenvalue weighted by Gasteiger charge is 2.32. The van der Waals surface area contributed by atoms with Crippen molar-refractivity contribution in [2.75, 3.05) is 39.1 Å². The predicted octanol–water partition coefficient (Wildman–Crippen LogP) is 2.63. The summed E-state index contributed by atoms with van der Waals surface area (Å²) in [5, 5.41) is 1.96. The van der Waals surface area contributed by atoms with Crippen LogP contribution in [-0.2, 0) is 23.8 Å². The maximum atomic E-state index is 12.4. The number of methoxy groups -OCH3 is 2. The van der Waals surface area contributed by atoms with Crippen molar-refractivity contribution in [1.82, 2.24) is 0 Å². The van der Waals surface area contributed by atoms with E-state index in [1.165, 1.54) is 14.2 Å². The molecule has 27 heavy (non-hydrogen) atoms. The monoisotopic (exact) mass is 371 g/mol. The molecule has 3 rings (SSSR count). The molecule has 0 amide bonds. The van der Waals surface area contributed by atoms with Gasteiger partial charge in [-0.3, -0.25) is 0 Å². The minimum atomic E-state index is -0.623. The van der Waals surface area contributed by atoms with Crippen molar-refractivity contribution in [3.05, 3.63) is 47.7 Å². The van der Waals surface area contributed by atoms with Gasteiger partial charge in [0.25, 0.3) is 0 Å². The summed E-state index contributed by atoms with van der Waals surface area (Å²) in [5.74, 6) is -0.449. The summed E-state index contributed by atoms with van der Waals surface area (Å²) in [7, 11) is 2.53. The van der Waals surface area contributed by atoms with Crippen molar-refractivity contribution in [1.29, 1.82) is 0 Å². The molecule has 2 aromatic rings. The molecule has 0 N–H and O–H groups in total. The molecule has 1 aliphatic heterocycles. The van der Waals surface area contributed by atoms with Crippen molar-refractivity contribution in [3.8, 4) is 5.75 Å². The van der Waals surface area contributed by atoms with Gasteiger partial charge in [0.15, 0.2) is 0 Å². The van der Waals surface area contributed by atoms with E-state index in [9.17, 15) is 9.59 Å². The van der Waals surface area contributed by atoms with Crippen LogP contribution in [-0.4, -0.2) is 46.1 Å². The third-order valence-corrected chi connectivity index (χ3v) is 4.25. The zero-order valence-electron chi connectivity index (χ0n) is 15.5. The number of benzene rings is 2. The second-order valence-corrected chi connectivity index (χ2v) is 5.84. The molecular weight excluding hydrogens is 350 g/mol. The first kappa shape index (κ1) is 18.7. The smallest absolute Gasteiger partial charge is 0.355 e. The Balaban J connectivity index is 2.05. The van der Waals surface area contributed by atoms with E-state index in [1.54, 1.807) is 4.90 Å². The number of esters is 2. The minimum Gasteiger partial charge on any atom is -0.494 e. The Kier molecular flexibility index (Phi) is 5.61. The fraction of sp³-hybridized carbons (Fsp3) is 0.300. The maximum Gasteiger partial charge on any atom is 0.355 e. The van der Waals surface area contributed by atoms with Gasteiger partial charge in [0.2, 0.25) is 0 Å². The highest BCUT2D eigenvalue weighted by atomic mass is 16.5. The van der Waals surface area contributed by atoms with Gasteiger partial charge in [-0.1, -0.05) is 12.1 Å². The van der Waals surface area contributed by atoms with Crippen LogP contribution in [0.2, 0.25) is 0 Å². The third kappa shape index (κ3) is 3.73. The van der Waals surface area contributed by atoms with E-state index in [0.29, 0.717) is 12.3 Å². The van der Waals surface area contributed by atoms with E-state index in [-0.39, 0.29) is 24.6 Å². The van der Waals surface area contributed by atoms with Crippen LogP contribution in [0.5, 0.6) is 5.75 Å². The number of hydrogen-bond acceptors (Lipinski definition) is 7. The number of fused-ring (bicyclic) bond motifs is 1. The average Bonchev–Trinajstić information content (AvgIpc) is 2.71. The average molecular weight is 371 g/mol. The third-order valence-electron chi connectivity index (χ3n) is 4.25. The Morgan fingerprint density at radius 1 is 1.04 bits per heavy atom. The van der Waals surface area contributed by atoms with Crippen LogP contribution < -0.4 is 9.64 Å². The molecule has 0 aromatic heterocycles. The fourth-order valence-electron chi connectivity index (χ4n) is 2.98. The molecule has 7 heteroatoms. The highest BCUT2D eigenvalue weighted by molar-refractivity contribution is 6.03. The molecule has 1 aliphatic rings. The van der Waals surface area contributed by atoms with Crippen molar-refractivity contribution < 1.29 is 28.5 Å². The van der Waals surface area contributed by atoms with E-state index in [1.807, 2.05) is 43.3 Å². The number of carbonyl (C=O) groups excluding carboxylic acids is 2. The van der Waals surface area contributed by atoms with Crippen LogP contribution >= 0.6 is 0 Å². The number of anilines is 1. The summed E-state index contributed by atoms with van der Waals surface area (Å²) in [4.78, 5) is 26.0. The number of carbonyl (C=O) groups is 2. The van der Waals surface area contributed by atoms with Gasteiger partial charge in [-0.05, 0) is 42.0 Å². The Morgan fingerprint density at radius 2 is 1.74 bits per heavy atom. The van der Waals surface area contributed by atoms with Gasteiger partial charge in [0, 0.05) is 5.69 Å². The largest absolute Gasteiger partial charge is 0.494 e. The minimum absolute atomic E-state index is 0.0150. The van der Waals surface area contributed by atoms with Gasteiger partial charge < -0.3 is 23.8 Å². The lowest BCUT2D eigenvalue weighted by Gasteiger charge is -2.31. The van der Waals surface area contributed by atoms with Crippen LogP contribution in [0.25, 0.3) is 10.8 Å². The molecule has 0 aliphatic carbocycles. The van der Waals surface area contributed by atoms with E-state index in [4.69, 9.17) is 18.9 Å². The zero-order chi connectivity index (χ0) is 19.4. The van der Waals surface area contributed by atoms with Crippen LogP contribution in [0.4, 0.5) is 5.69 Å². The number of rotatable bonds is 5. The molecule has 0 fully saturated rings. The molecule has 0 saturated carbocycles. The molecule has 0 radical (unpaired) electrons. The van der Waals surface area contributed by atoms with Gasteiger partial charge in [-0.15, -0.1) is 0 Å². The van der Waals surface area contributed by atoms with Gasteiger partial charge in [-0.25, -0.2) is 9.59 Å². The van der Waals surface area contributed by atoms with Crippen LogP contribution in [0, 0.1) is 0 Å². The molecular formula is C20H21NO6. The normalized spacial score (nSPS) is 14.3. The lowest BCUT2D eigenvalue weighted by atomic mass is 10.1. The lowest BCUT2D eigenvalue weighted by Crippen LogP contribution is -2.38. The lowest BCUT2D eigenvalue weighted by molar-refractivity contribution is -0.140. The molecule has 0 bridgehead atoms. The molecule has 0 saturated heterocycles. The Bertz CT molecular complexity index is 904. The first-order valence-electron chi connectivity index (χ1n) is 8.50. The maximum absolute atomic E-state index is 12.4. The SMILES string of the molecule is CCOc1ccc2cc(N3COCC(C(=O)OC)=C3C(=O)OC)ccc2c1. The molecule has 1 heterocycles. The molecule has 0 spiro atoms. The van der Waals surface area contributed by atoms with Crippen molar-refractivity contribution in [3.63, 3.8) is 0 Å². The topological polar surface area (TPSA) is 74.3 Å². The summed E-state index contributed by atoms with van der Waals surface area (Å²) >= 11 is 0. The quantitative estimate of drug-likeness (QED) is 0.748. The second-order valence-electron chi connectivity index (χ2n) is 5.84. The summed E-state index contributed by atoms with van der Waals surface area (Å²) in [6.07, 6.45) is 0. The molecule has 2 aromatic carbocycles. The summed E-state index contributed by atoms with van der Waals surface area (Å²) < 4.78 is 20.7. The second kappa shape index (κ2) is 8.09. The highest BCUT2D eigenvalue weighted by Crippen LogP contribution is 2.30. The molecule has 142 valence electrons. The first-order chi connectivity index (χ1) is 13.1. The van der Waals surface area contributed by atoms with Crippen LogP contribution in [0.1, 0.15) is 6.92 Å². The van der Waals surface area contributed by atoms with Crippen LogP contribution in [0.3, 0.4) is 0 Å². The fourth-order valence-corrected chi connectivity index (χ4v) is 2.98. The molecule has 0 unspecified atom stereocenters. The Labute approximate surface area is 157 Å². The number of nitrogens with zero attached hydrogens (tertiary/aromatic N) is 1. The summed E-state index contributed by atoms with van der Waals surface area (Å²) in [6, 6.07) is 11.5. The number of hydrogen-bond donors (Lipinski definition) is 0. The van der Waals surface area contributed by atoms with E-state index in [0.717, 1.165) is 16.5 Å². The number of ether oxygens (including phenoxy) is 4. The van der Waals surface area contributed by atoms with E-state index in [2.05, 4.69) is 0 Å². The Hall–Kier alpha value is -3.06. The summed E-state index contributed by atoms with van der Waals surface area (Å²) in [6.45, 7) is 2.63. The summed E-state index contributed by atoms with van der Waals surface area (Å²) in [5.41, 5.74) is 0.955. The van der Waals surface area contributed by atoms with Gasteiger partial charge in [-0.2, -0.15) is 0 Å². The van der Waals surface area contributed by atoms with E-state index >= 15 is 0 Å². The van der Waals surface area contributed by atoms with Crippen LogP contribution in [0.15, 0.2) is 47.7 Å². The van der Waals surface area contributed by atoms with Gasteiger partial charge >= 0.3 is 11.9 Å². The first-order valence-corrected chi connectivity index (χ1v) is 8.50. The molecule has 7 nitrogen and oxygen atoms in total. The Morgan fingerprint density at radius 3 is 2.44 bits per heavy atom. The van der Waals surface area contributed by atoms with E-state index < -0.39 is 11.9 Å². The van der Waals surface area contributed by atoms with Gasteiger partial charge in [0.1, 0.15) is 18.2 Å². The van der Waals surface area contributed by atoms with Crippen molar-refractivity contribution in [2.24, 2.45) is 0 Å². The zero-order valence-corrected chi connectivity index (χ0v) is 15.5. The predicted molar refractivity (Wildman–Crippen MR) is 99.5 cm³/mol.